The van der Waals surface area contributed by atoms with Crippen LogP contribution >= 0.6 is 36.6 Å². The number of thioether (sulfide) groups is 1. The minimum atomic E-state index is -1.33. The van der Waals surface area contributed by atoms with Crippen LogP contribution in [0.5, 0.6) is 0 Å². The highest BCUT2D eigenvalue weighted by Crippen LogP contribution is 2.26. The lowest BCUT2D eigenvalue weighted by molar-refractivity contribution is -0.143. The van der Waals surface area contributed by atoms with Gasteiger partial charge in [-0.1, -0.05) is 6.92 Å². The van der Waals surface area contributed by atoms with Gasteiger partial charge in [-0.15, -0.1) is 23.1 Å². The van der Waals surface area contributed by atoms with Crippen LogP contribution in [0.3, 0.4) is 0 Å². The number of carboxylic acid groups (broad SMARTS) is 1. The van der Waals surface area contributed by atoms with Gasteiger partial charge in [0, 0.05) is 29.3 Å². The van der Waals surface area contributed by atoms with Gasteiger partial charge in [0.2, 0.25) is 0 Å². The highest BCUT2D eigenvalue weighted by molar-refractivity contribution is 7.98. The van der Waals surface area contributed by atoms with Gasteiger partial charge in [-0.3, -0.25) is 4.79 Å². The largest absolute Gasteiger partial charge is 0.480 e. The van der Waals surface area contributed by atoms with Crippen molar-refractivity contribution in [3.63, 3.8) is 0 Å². The number of aromatic nitrogens is 3. The molecule has 0 saturated carbocycles. The zero-order valence-corrected chi connectivity index (χ0v) is 21.8. The van der Waals surface area contributed by atoms with Gasteiger partial charge in [0.25, 0.3) is 5.91 Å². The molecule has 1 aromatic carbocycles. The predicted molar refractivity (Wildman–Crippen MR) is 139 cm³/mol. The maximum absolute atomic E-state index is 12.5. The quantitative estimate of drug-likeness (QED) is 0.384. The third-order valence-corrected chi connectivity index (χ3v) is 7.04. The molecule has 0 saturated heterocycles. The van der Waals surface area contributed by atoms with E-state index in [2.05, 4.69) is 22.2 Å². The summed E-state index contributed by atoms with van der Waals surface area (Å²) in [6.45, 7) is 5.16. The fraction of sp³-hybridized carbons (Fsp3) is 0.435. The van der Waals surface area contributed by atoms with Crippen LogP contribution in [-0.2, 0) is 17.6 Å². The Morgan fingerprint density at radius 3 is 2.48 bits per heavy atom. The molecule has 1 amide bonds. The molecule has 0 radical (unpaired) electrons. The van der Waals surface area contributed by atoms with Crippen LogP contribution in [0.25, 0.3) is 10.2 Å². The molecule has 0 aliphatic rings. The lowest BCUT2D eigenvalue weighted by Crippen LogP contribution is -2.49. The number of rotatable bonds is 10. The van der Waals surface area contributed by atoms with Crippen molar-refractivity contribution in [2.24, 2.45) is 5.92 Å². The van der Waals surface area contributed by atoms with Crippen LogP contribution in [0.15, 0.2) is 35.5 Å². The van der Waals surface area contributed by atoms with Gasteiger partial charge in [0.15, 0.2) is 0 Å². The summed E-state index contributed by atoms with van der Waals surface area (Å²) < 4.78 is 0.927. The average Bonchev–Trinajstić information content (AvgIpc) is 3.18. The summed E-state index contributed by atoms with van der Waals surface area (Å²) in [6.07, 6.45) is 9.53. The monoisotopic (exact) mass is 506 g/mol. The SMILES string of the molecule is CSc1cnc(CC[C@H](C)CCc2nc3ccc(C(=O)NC(C)(C)C(=O)O)cc3s2)nc1.S. The normalized spacial score (nSPS) is 12.2. The summed E-state index contributed by atoms with van der Waals surface area (Å²) in [5.41, 5.74) is -0.0415. The Labute approximate surface area is 209 Å². The van der Waals surface area contributed by atoms with Gasteiger partial charge < -0.3 is 10.4 Å². The molecule has 7 nitrogen and oxygen atoms in total. The number of nitrogens with zero attached hydrogens (tertiary/aromatic N) is 3. The molecule has 178 valence electrons. The topological polar surface area (TPSA) is 105 Å². The molecule has 0 bridgehead atoms. The lowest BCUT2D eigenvalue weighted by Gasteiger charge is -2.20. The summed E-state index contributed by atoms with van der Waals surface area (Å²) >= 11 is 3.22. The molecule has 2 heterocycles. The number of amides is 1. The summed E-state index contributed by atoms with van der Waals surface area (Å²) in [5.74, 6) is -0.0859. The van der Waals surface area contributed by atoms with Gasteiger partial charge >= 0.3 is 5.97 Å². The number of hydrogen-bond acceptors (Lipinski definition) is 7. The van der Waals surface area contributed by atoms with Gasteiger partial charge in [-0.05, 0) is 63.5 Å². The molecule has 0 spiro atoms. The number of aryl methyl sites for hydroxylation is 2. The first-order chi connectivity index (χ1) is 15.2. The van der Waals surface area contributed by atoms with Crippen LogP contribution in [0.4, 0.5) is 0 Å². The number of carboxylic acids is 1. The number of carbonyl (C=O) groups excluding carboxylic acids is 1. The maximum Gasteiger partial charge on any atom is 0.328 e. The van der Waals surface area contributed by atoms with E-state index >= 15 is 0 Å². The molecule has 1 atom stereocenters. The maximum atomic E-state index is 12.5. The van der Waals surface area contributed by atoms with E-state index < -0.39 is 17.4 Å². The van der Waals surface area contributed by atoms with Crippen molar-refractivity contribution < 1.29 is 14.7 Å². The van der Waals surface area contributed by atoms with E-state index in [1.165, 1.54) is 13.8 Å². The minimum Gasteiger partial charge on any atom is -0.480 e. The van der Waals surface area contributed by atoms with E-state index in [-0.39, 0.29) is 13.5 Å². The Kier molecular flexibility index (Phi) is 9.69. The van der Waals surface area contributed by atoms with Gasteiger partial charge in [0.1, 0.15) is 11.4 Å². The smallest absolute Gasteiger partial charge is 0.328 e. The first-order valence-electron chi connectivity index (χ1n) is 10.5. The molecule has 0 fully saturated rings. The molecule has 0 aliphatic carbocycles. The summed E-state index contributed by atoms with van der Waals surface area (Å²) in [4.78, 5) is 38.3. The Balaban J connectivity index is 0.00000385. The third-order valence-electron chi connectivity index (χ3n) is 5.28. The Morgan fingerprint density at radius 1 is 1.18 bits per heavy atom. The second-order valence-electron chi connectivity index (χ2n) is 8.40. The second kappa shape index (κ2) is 11.8. The fourth-order valence-electron chi connectivity index (χ4n) is 3.10. The summed E-state index contributed by atoms with van der Waals surface area (Å²) in [6, 6.07) is 5.28. The number of aliphatic carboxylic acids is 1. The summed E-state index contributed by atoms with van der Waals surface area (Å²) in [5, 5.41) is 12.8. The van der Waals surface area contributed by atoms with Gasteiger partial charge in [0.05, 0.1) is 15.2 Å². The number of hydrogen-bond donors (Lipinski definition) is 2. The molecule has 10 heteroatoms. The average molecular weight is 507 g/mol. The molecule has 33 heavy (non-hydrogen) atoms. The van der Waals surface area contributed by atoms with Crippen LogP contribution in [-0.4, -0.2) is 43.7 Å². The van der Waals surface area contributed by atoms with Crippen LogP contribution < -0.4 is 5.32 Å². The highest BCUT2D eigenvalue weighted by Gasteiger charge is 2.29. The Bertz CT molecular complexity index is 1100. The Morgan fingerprint density at radius 2 is 1.85 bits per heavy atom. The first kappa shape index (κ1) is 27.1. The number of nitrogens with one attached hydrogen (secondary N) is 1. The highest BCUT2D eigenvalue weighted by atomic mass is 32.2. The number of fused-ring (bicyclic) bond motifs is 1. The van der Waals surface area contributed by atoms with Crippen molar-refractivity contribution in [2.75, 3.05) is 6.26 Å². The van der Waals surface area contributed by atoms with Crippen LogP contribution in [0.1, 0.15) is 54.8 Å². The number of carbonyl (C=O) groups is 2. The van der Waals surface area contributed by atoms with Crippen molar-refractivity contribution in [3.8, 4) is 0 Å². The van der Waals surface area contributed by atoms with E-state index in [4.69, 9.17) is 4.98 Å². The van der Waals surface area contributed by atoms with Crippen molar-refractivity contribution in [1.82, 2.24) is 20.3 Å². The van der Waals surface area contributed by atoms with Crippen molar-refractivity contribution in [2.45, 2.75) is 56.9 Å². The van der Waals surface area contributed by atoms with Crippen molar-refractivity contribution in [1.29, 1.82) is 0 Å². The zero-order valence-electron chi connectivity index (χ0n) is 19.2. The van der Waals surface area contributed by atoms with Crippen molar-refractivity contribution >= 4 is 58.7 Å². The van der Waals surface area contributed by atoms with Crippen LogP contribution in [0.2, 0.25) is 0 Å². The molecule has 3 aromatic rings. The lowest BCUT2D eigenvalue weighted by atomic mass is 10.00. The second-order valence-corrected chi connectivity index (χ2v) is 10.4. The first-order valence-corrected chi connectivity index (χ1v) is 12.5. The van der Waals surface area contributed by atoms with E-state index in [0.29, 0.717) is 11.5 Å². The van der Waals surface area contributed by atoms with E-state index in [0.717, 1.165) is 51.6 Å². The Hall–Kier alpha value is -2.17. The molecule has 0 unspecified atom stereocenters. The minimum absolute atomic E-state index is 0. The van der Waals surface area contributed by atoms with E-state index in [9.17, 15) is 14.7 Å². The molecule has 0 aliphatic heterocycles. The van der Waals surface area contributed by atoms with Crippen LogP contribution in [0, 0.1) is 5.92 Å². The van der Waals surface area contributed by atoms with E-state index in [1.54, 1.807) is 35.2 Å². The number of benzene rings is 1. The predicted octanol–water partition coefficient (Wildman–Crippen LogP) is 4.72. The van der Waals surface area contributed by atoms with Gasteiger partial charge in [-0.2, -0.15) is 13.5 Å². The molecular formula is C23H30N4O3S3. The third kappa shape index (κ3) is 7.41. The molecule has 3 rings (SSSR count). The number of thiazole rings is 1. The molecular weight excluding hydrogens is 476 g/mol. The van der Waals surface area contributed by atoms with E-state index in [1.807, 2.05) is 24.7 Å². The van der Waals surface area contributed by atoms with Gasteiger partial charge in [-0.25, -0.2) is 19.7 Å². The molecule has 2 N–H and O–H groups in total. The zero-order chi connectivity index (χ0) is 23.3. The summed E-state index contributed by atoms with van der Waals surface area (Å²) in [7, 11) is 0. The van der Waals surface area contributed by atoms with Crippen molar-refractivity contribution in [3.05, 3.63) is 47.0 Å². The molecule has 2 aromatic heterocycles. The standard InChI is InChI=1S/C23H28N4O3S2.H2S/c1-14(5-9-19-24-12-16(31-4)13-25-19)6-10-20-26-17-8-7-15(11-18(17)32-20)21(28)27-23(2,3)22(29)30;/h7-8,11-14H,5-6,9-10H2,1-4H3,(H,27,28)(H,29,30);1H2/t14-;/m0./s1. The fourth-order valence-corrected chi connectivity index (χ4v) is 4.44.